The molecule has 1 aliphatic rings. The standard InChI is InChI=1S/C13H13FN2O2/c14-11-3-1-2-10(8-11)4-5-13(18)16-7-6-15-12(17)9-16/h1-5,8H,6-7,9H2,(H,15,17). The quantitative estimate of drug-likeness (QED) is 0.787. The number of halogens is 1. The summed E-state index contributed by atoms with van der Waals surface area (Å²) >= 11 is 0. The molecule has 1 aromatic carbocycles. The number of nitrogens with zero attached hydrogens (tertiary/aromatic N) is 1. The summed E-state index contributed by atoms with van der Waals surface area (Å²) in [5.41, 5.74) is 0.616. The summed E-state index contributed by atoms with van der Waals surface area (Å²) < 4.78 is 12.9. The van der Waals surface area contributed by atoms with Crippen LogP contribution in [0.25, 0.3) is 6.08 Å². The number of rotatable bonds is 2. The fourth-order valence-electron chi connectivity index (χ4n) is 1.71. The van der Waals surface area contributed by atoms with Crippen LogP contribution in [0.15, 0.2) is 30.3 Å². The van der Waals surface area contributed by atoms with Crippen molar-refractivity contribution >= 4 is 17.9 Å². The van der Waals surface area contributed by atoms with Gasteiger partial charge in [-0.3, -0.25) is 9.59 Å². The van der Waals surface area contributed by atoms with Gasteiger partial charge in [-0.15, -0.1) is 0 Å². The number of hydrogen-bond acceptors (Lipinski definition) is 2. The van der Waals surface area contributed by atoms with Gasteiger partial charge >= 0.3 is 0 Å². The van der Waals surface area contributed by atoms with Crippen LogP contribution in [0.5, 0.6) is 0 Å². The van der Waals surface area contributed by atoms with E-state index in [4.69, 9.17) is 0 Å². The average Bonchev–Trinajstić information content (AvgIpc) is 2.36. The molecule has 0 radical (unpaired) electrons. The second-order valence-electron chi connectivity index (χ2n) is 4.00. The molecule has 2 rings (SSSR count). The number of piperazine rings is 1. The van der Waals surface area contributed by atoms with E-state index in [1.54, 1.807) is 12.1 Å². The number of amides is 2. The number of carbonyl (C=O) groups excluding carboxylic acids is 2. The molecule has 0 saturated carbocycles. The third-order valence-corrected chi connectivity index (χ3v) is 2.62. The Kier molecular flexibility index (Phi) is 3.72. The highest BCUT2D eigenvalue weighted by molar-refractivity contribution is 5.94. The molecule has 2 amide bonds. The molecule has 1 aliphatic heterocycles. The van der Waals surface area contributed by atoms with Crippen molar-refractivity contribution in [3.63, 3.8) is 0 Å². The first-order chi connectivity index (χ1) is 8.65. The zero-order valence-electron chi connectivity index (χ0n) is 9.73. The number of carbonyl (C=O) groups is 2. The normalized spacial score (nSPS) is 15.8. The van der Waals surface area contributed by atoms with Crippen molar-refractivity contribution in [1.82, 2.24) is 10.2 Å². The summed E-state index contributed by atoms with van der Waals surface area (Å²) in [6, 6.07) is 5.96. The molecule has 5 heteroatoms. The van der Waals surface area contributed by atoms with E-state index < -0.39 is 0 Å². The maximum absolute atomic E-state index is 12.9. The predicted octanol–water partition coefficient (Wildman–Crippen LogP) is 0.797. The van der Waals surface area contributed by atoms with Gasteiger partial charge in [0.05, 0.1) is 6.54 Å². The van der Waals surface area contributed by atoms with Crippen LogP contribution in [0.3, 0.4) is 0 Å². The lowest BCUT2D eigenvalue weighted by Gasteiger charge is -2.25. The highest BCUT2D eigenvalue weighted by atomic mass is 19.1. The Morgan fingerprint density at radius 1 is 1.44 bits per heavy atom. The Morgan fingerprint density at radius 2 is 2.28 bits per heavy atom. The van der Waals surface area contributed by atoms with E-state index in [1.807, 2.05) is 0 Å². The smallest absolute Gasteiger partial charge is 0.247 e. The van der Waals surface area contributed by atoms with E-state index in [9.17, 15) is 14.0 Å². The molecule has 0 bridgehead atoms. The van der Waals surface area contributed by atoms with Crippen molar-refractivity contribution in [3.05, 3.63) is 41.7 Å². The molecule has 1 saturated heterocycles. The molecule has 1 aromatic rings. The molecule has 18 heavy (non-hydrogen) atoms. The van der Waals surface area contributed by atoms with Gasteiger partial charge in [0.15, 0.2) is 0 Å². The summed E-state index contributed by atoms with van der Waals surface area (Å²) in [6.45, 7) is 1.04. The number of hydrogen-bond donors (Lipinski definition) is 1. The Hall–Kier alpha value is -2.17. The molecule has 0 aliphatic carbocycles. The summed E-state index contributed by atoms with van der Waals surface area (Å²) in [7, 11) is 0. The predicted molar refractivity (Wildman–Crippen MR) is 65.0 cm³/mol. The first kappa shape index (κ1) is 12.3. The van der Waals surface area contributed by atoms with Gasteiger partial charge in [-0.05, 0) is 23.8 Å². The Balaban J connectivity index is 2.00. The van der Waals surface area contributed by atoms with E-state index in [1.165, 1.54) is 29.2 Å². The van der Waals surface area contributed by atoms with Crippen LogP contribution in [0.1, 0.15) is 5.56 Å². The highest BCUT2D eigenvalue weighted by Gasteiger charge is 2.18. The van der Waals surface area contributed by atoms with Crippen LogP contribution in [-0.4, -0.2) is 36.3 Å². The van der Waals surface area contributed by atoms with Crippen molar-refractivity contribution in [2.45, 2.75) is 0 Å². The zero-order chi connectivity index (χ0) is 13.0. The Labute approximate surface area is 104 Å². The maximum Gasteiger partial charge on any atom is 0.247 e. The molecule has 94 valence electrons. The third-order valence-electron chi connectivity index (χ3n) is 2.62. The Bertz CT molecular complexity index is 500. The minimum absolute atomic E-state index is 0.0757. The summed E-state index contributed by atoms with van der Waals surface area (Å²) in [5, 5.41) is 2.64. The first-order valence-electron chi connectivity index (χ1n) is 5.64. The van der Waals surface area contributed by atoms with E-state index in [2.05, 4.69) is 5.32 Å². The van der Waals surface area contributed by atoms with Crippen molar-refractivity contribution in [2.75, 3.05) is 19.6 Å². The van der Waals surface area contributed by atoms with E-state index in [0.29, 0.717) is 18.7 Å². The molecule has 0 aromatic heterocycles. The van der Waals surface area contributed by atoms with Crippen molar-refractivity contribution in [2.24, 2.45) is 0 Å². The number of nitrogens with one attached hydrogen (secondary N) is 1. The van der Waals surface area contributed by atoms with E-state index >= 15 is 0 Å². The molecule has 1 heterocycles. The minimum Gasteiger partial charge on any atom is -0.353 e. The summed E-state index contributed by atoms with van der Waals surface area (Å²) in [5.74, 6) is -0.746. The lowest BCUT2D eigenvalue weighted by Crippen LogP contribution is -2.49. The van der Waals surface area contributed by atoms with Gasteiger partial charge < -0.3 is 10.2 Å². The monoisotopic (exact) mass is 248 g/mol. The molecular formula is C13H13FN2O2. The topological polar surface area (TPSA) is 49.4 Å². The molecule has 0 unspecified atom stereocenters. The lowest BCUT2D eigenvalue weighted by atomic mass is 10.2. The van der Waals surface area contributed by atoms with Crippen LogP contribution >= 0.6 is 0 Å². The second kappa shape index (κ2) is 5.44. The fraction of sp³-hybridized carbons (Fsp3) is 0.231. The van der Waals surface area contributed by atoms with Crippen LogP contribution in [0.2, 0.25) is 0 Å². The van der Waals surface area contributed by atoms with Crippen LogP contribution in [0.4, 0.5) is 4.39 Å². The molecule has 1 fully saturated rings. The fourth-order valence-corrected chi connectivity index (χ4v) is 1.71. The third kappa shape index (κ3) is 3.16. The molecule has 0 atom stereocenters. The zero-order valence-corrected chi connectivity index (χ0v) is 9.73. The molecule has 0 spiro atoms. The van der Waals surface area contributed by atoms with Crippen molar-refractivity contribution in [3.8, 4) is 0 Å². The SMILES string of the molecule is O=C1CN(C(=O)C=Cc2cccc(F)c2)CCN1. The van der Waals surface area contributed by atoms with Crippen molar-refractivity contribution in [1.29, 1.82) is 0 Å². The largest absolute Gasteiger partial charge is 0.353 e. The van der Waals surface area contributed by atoms with Crippen molar-refractivity contribution < 1.29 is 14.0 Å². The van der Waals surface area contributed by atoms with Gasteiger partial charge in [0.2, 0.25) is 11.8 Å². The van der Waals surface area contributed by atoms with E-state index in [0.717, 1.165) is 0 Å². The van der Waals surface area contributed by atoms with Gasteiger partial charge in [0.25, 0.3) is 0 Å². The Morgan fingerprint density at radius 3 is 3.00 bits per heavy atom. The molecular weight excluding hydrogens is 235 g/mol. The van der Waals surface area contributed by atoms with Gasteiger partial charge in [-0.25, -0.2) is 4.39 Å². The summed E-state index contributed by atoms with van der Waals surface area (Å²) in [6.07, 6.45) is 2.89. The van der Waals surface area contributed by atoms with Gasteiger partial charge in [0.1, 0.15) is 5.82 Å². The van der Waals surface area contributed by atoms with Gasteiger partial charge in [-0.2, -0.15) is 0 Å². The molecule has 4 nitrogen and oxygen atoms in total. The summed E-state index contributed by atoms with van der Waals surface area (Å²) in [4.78, 5) is 24.3. The maximum atomic E-state index is 12.9. The van der Waals surface area contributed by atoms with Gasteiger partial charge in [0, 0.05) is 19.2 Å². The van der Waals surface area contributed by atoms with Gasteiger partial charge in [-0.1, -0.05) is 12.1 Å². The van der Waals surface area contributed by atoms with Crippen LogP contribution in [-0.2, 0) is 9.59 Å². The lowest BCUT2D eigenvalue weighted by molar-refractivity contribution is -0.134. The van der Waals surface area contributed by atoms with Crippen LogP contribution in [0, 0.1) is 5.82 Å². The number of benzene rings is 1. The van der Waals surface area contributed by atoms with Crippen LogP contribution < -0.4 is 5.32 Å². The highest BCUT2D eigenvalue weighted by Crippen LogP contribution is 2.06. The minimum atomic E-state index is -0.345. The average molecular weight is 248 g/mol. The second-order valence-corrected chi connectivity index (χ2v) is 4.00. The molecule has 1 N–H and O–H groups in total. The first-order valence-corrected chi connectivity index (χ1v) is 5.64. The van der Waals surface area contributed by atoms with E-state index in [-0.39, 0.29) is 24.2 Å².